The molecular formula is C8H8ClN. The summed E-state index contributed by atoms with van der Waals surface area (Å²) >= 11 is 5.72. The van der Waals surface area contributed by atoms with Crippen LogP contribution in [-0.2, 0) is 0 Å². The van der Waals surface area contributed by atoms with Crippen LogP contribution in [0.4, 0.5) is 0 Å². The minimum absolute atomic E-state index is 0.475. The van der Waals surface area contributed by atoms with Gasteiger partial charge >= 0.3 is 0 Å². The molecule has 10 heavy (non-hydrogen) atoms. The predicted octanol–water partition coefficient (Wildman–Crippen LogP) is 2.20. The maximum atomic E-state index is 5.72. The van der Waals surface area contributed by atoms with Crippen molar-refractivity contribution in [1.82, 2.24) is 4.42 Å². The number of hydrogen-bond donors (Lipinski definition) is 0. The fourth-order valence-electron chi connectivity index (χ4n) is 1.06. The minimum atomic E-state index is 0.475. The van der Waals surface area contributed by atoms with Crippen LogP contribution in [0.15, 0.2) is 30.3 Å². The third-order valence-corrected chi connectivity index (χ3v) is 2.11. The molecule has 0 bridgehead atoms. The Morgan fingerprint density at radius 2 is 1.90 bits per heavy atom. The van der Waals surface area contributed by atoms with Gasteiger partial charge in [-0.05, 0) is 17.3 Å². The summed E-state index contributed by atoms with van der Waals surface area (Å²) in [7, 11) is 0. The van der Waals surface area contributed by atoms with Crippen LogP contribution in [0, 0.1) is 0 Å². The van der Waals surface area contributed by atoms with E-state index in [1.807, 2.05) is 18.2 Å². The Morgan fingerprint density at radius 3 is 2.40 bits per heavy atom. The van der Waals surface area contributed by atoms with Crippen molar-refractivity contribution in [2.45, 2.75) is 6.04 Å². The molecule has 0 spiro atoms. The Bertz CT molecular complexity index is 222. The van der Waals surface area contributed by atoms with E-state index in [1.54, 1.807) is 4.42 Å². The lowest BCUT2D eigenvalue weighted by Crippen LogP contribution is -1.80. The highest BCUT2D eigenvalue weighted by molar-refractivity contribution is 6.15. The van der Waals surface area contributed by atoms with Crippen molar-refractivity contribution in [2.24, 2.45) is 0 Å². The van der Waals surface area contributed by atoms with Gasteiger partial charge in [-0.3, -0.25) is 0 Å². The van der Waals surface area contributed by atoms with Gasteiger partial charge in [0.05, 0.1) is 6.04 Å². The first-order chi connectivity index (χ1) is 4.88. The third-order valence-electron chi connectivity index (χ3n) is 1.74. The van der Waals surface area contributed by atoms with Gasteiger partial charge in [-0.25, -0.2) is 4.42 Å². The van der Waals surface area contributed by atoms with Gasteiger partial charge < -0.3 is 0 Å². The largest absolute Gasteiger partial charge is 0.209 e. The van der Waals surface area contributed by atoms with Gasteiger partial charge in [-0.2, -0.15) is 0 Å². The van der Waals surface area contributed by atoms with Crippen molar-refractivity contribution in [2.75, 3.05) is 6.54 Å². The molecule has 2 rings (SSSR count). The summed E-state index contributed by atoms with van der Waals surface area (Å²) in [5, 5.41) is 0. The van der Waals surface area contributed by atoms with E-state index >= 15 is 0 Å². The van der Waals surface area contributed by atoms with E-state index in [-0.39, 0.29) is 0 Å². The van der Waals surface area contributed by atoms with Crippen LogP contribution in [0.5, 0.6) is 0 Å². The van der Waals surface area contributed by atoms with Gasteiger partial charge in [0.1, 0.15) is 0 Å². The fourth-order valence-corrected chi connectivity index (χ4v) is 1.30. The second-order valence-corrected chi connectivity index (χ2v) is 2.94. The fraction of sp³-hybridized carbons (Fsp3) is 0.250. The summed E-state index contributed by atoms with van der Waals surface area (Å²) in [6.07, 6.45) is 0. The highest BCUT2D eigenvalue weighted by Crippen LogP contribution is 2.35. The molecule has 1 aliphatic heterocycles. The average molecular weight is 154 g/mol. The molecule has 2 heteroatoms. The van der Waals surface area contributed by atoms with Crippen LogP contribution < -0.4 is 0 Å². The van der Waals surface area contributed by atoms with Crippen LogP contribution in [0.2, 0.25) is 0 Å². The molecule has 1 saturated heterocycles. The van der Waals surface area contributed by atoms with Gasteiger partial charge in [0, 0.05) is 6.54 Å². The standard InChI is InChI=1S/C8H8ClN/c9-10-6-8(10)7-4-2-1-3-5-7/h1-5,8H,6H2/t8-,10?/m0/s1. The monoisotopic (exact) mass is 153 g/mol. The normalized spacial score (nSPS) is 30.1. The lowest BCUT2D eigenvalue weighted by Gasteiger charge is -1.93. The molecule has 0 aliphatic carbocycles. The number of halogens is 1. The smallest absolute Gasteiger partial charge is 0.0642 e. The van der Waals surface area contributed by atoms with E-state index in [2.05, 4.69) is 12.1 Å². The average Bonchev–Trinajstić information content (AvgIpc) is 2.69. The summed E-state index contributed by atoms with van der Waals surface area (Å²) in [5.41, 5.74) is 1.32. The van der Waals surface area contributed by atoms with Gasteiger partial charge in [0.2, 0.25) is 0 Å². The molecule has 0 amide bonds. The summed E-state index contributed by atoms with van der Waals surface area (Å²) in [6, 6.07) is 10.8. The van der Waals surface area contributed by atoms with Crippen LogP contribution >= 0.6 is 11.8 Å². The van der Waals surface area contributed by atoms with Crippen LogP contribution in [-0.4, -0.2) is 11.0 Å². The van der Waals surface area contributed by atoms with Crippen molar-refractivity contribution in [3.8, 4) is 0 Å². The quantitative estimate of drug-likeness (QED) is 0.442. The molecule has 0 saturated carbocycles. The van der Waals surface area contributed by atoms with Gasteiger partial charge in [-0.15, -0.1) is 0 Å². The summed E-state index contributed by atoms with van der Waals surface area (Å²) in [4.78, 5) is 0. The molecule has 1 nitrogen and oxygen atoms in total. The van der Waals surface area contributed by atoms with Gasteiger partial charge in [-0.1, -0.05) is 30.3 Å². The first-order valence-corrected chi connectivity index (χ1v) is 3.69. The Kier molecular flexibility index (Phi) is 1.40. The molecule has 0 aromatic heterocycles. The van der Waals surface area contributed by atoms with Crippen LogP contribution in [0.25, 0.3) is 0 Å². The van der Waals surface area contributed by atoms with Crippen LogP contribution in [0.1, 0.15) is 11.6 Å². The topological polar surface area (TPSA) is 3.01 Å². The zero-order valence-corrected chi connectivity index (χ0v) is 6.25. The number of hydrogen-bond acceptors (Lipinski definition) is 1. The van der Waals surface area contributed by atoms with Gasteiger partial charge in [0.25, 0.3) is 0 Å². The summed E-state index contributed by atoms with van der Waals surface area (Å²) in [5.74, 6) is 0. The number of benzene rings is 1. The van der Waals surface area contributed by atoms with Crippen molar-refractivity contribution in [3.05, 3.63) is 35.9 Å². The molecule has 1 heterocycles. The van der Waals surface area contributed by atoms with E-state index in [1.165, 1.54) is 5.56 Å². The van der Waals surface area contributed by atoms with E-state index in [0.29, 0.717) is 6.04 Å². The number of nitrogens with zero attached hydrogens (tertiary/aromatic N) is 1. The second-order valence-electron chi connectivity index (χ2n) is 2.51. The maximum Gasteiger partial charge on any atom is 0.0642 e. The molecule has 1 unspecified atom stereocenters. The van der Waals surface area contributed by atoms with E-state index in [9.17, 15) is 0 Å². The highest BCUT2D eigenvalue weighted by Gasteiger charge is 2.33. The van der Waals surface area contributed by atoms with E-state index < -0.39 is 0 Å². The lowest BCUT2D eigenvalue weighted by atomic mass is 10.2. The molecule has 1 aliphatic rings. The second kappa shape index (κ2) is 2.26. The van der Waals surface area contributed by atoms with Crippen molar-refractivity contribution in [1.29, 1.82) is 0 Å². The Labute approximate surface area is 65.3 Å². The molecule has 0 N–H and O–H groups in total. The third kappa shape index (κ3) is 1.02. The Morgan fingerprint density at radius 1 is 1.30 bits per heavy atom. The SMILES string of the molecule is ClN1C[C@H]1c1ccccc1. The first kappa shape index (κ1) is 6.20. The minimum Gasteiger partial charge on any atom is -0.209 e. The molecule has 1 fully saturated rings. The van der Waals surface area contributed by atoms with E-state index in [0.717, 1.165) is 6.54 Å². The van der Waals surface area contributed by atoms with Crippen molar-refractivity contribution in [3.63, 3.8) is 0 Å². The van der Waals surface area contributed by atoms with Gasteiger partial charge in [0.15, 0.2) is 0 Å². The highest BCUT2D eigenvalue weighted by atomic mass is 35.5. The van der Waals surface area contributed by atoms with Crippen molar-refractivity contribution >= 4 is 11.8 Å². The lowest BCUT2D eigenvalue weighted by molar-refractivity contribution is 0.819. The molecule has 52 valence electrons. The summed E-state index contributed by atoms with van der Waals surface area (Å²) in [6.45, 7) is 0.992. The number of rotatable bonds is 1. The summed E-state index contributed by atoms with van der Waals surface area (Å²) < 4.78 is 1.80. The molecule has 1 aromatic carbocycles. The molecule has 2 atom stereocenters. The first-order valence-electron chi connectivity index (χ1n) is 3.35. The Hall–Kier alpha value is -0.530. The van der Waals surface area contributed by atoms with Crippen LogP contribution in [0.3, 0.4) is 0 Å². The zero-order chi connectivity index (χ0) is 6.97. The molecular weight excluding hydrogens is 146 g/mol. The Balaban J connectivity index is 2.20. The van der Waals surface area contributed by atoms with Crippen molar-refractivity contribution < 1.29 is 0 Å². The molecule has 1 aromatic rings. The maximum absolute atomic E-state index is 5.72. The zero-order valence-electron chi connectivity index (χ0n) is 5.50. The van der Waals surface area contributed by atoms with E-state index in [4.69, 9.17) is 11.8 Å². The molecule has 0 radical (unpaired) electrons. The predicted molar refractivity (Wildman–Crippen MR) is 41.7 cm³/mol.